The topological polar surface area (TPSA) is 107 Å². The van der Waals surface area contributed by atoms with Crippen molar-refractivity contribution in [2.75, 3.05) is 0 Å². The second kappa shape index (κ2) is 11.1. The van der Waals surface area contributed by atoms with Crippen LogP contribution in [0.15, 0.2) is 118 Å². The first-order chi connectivity index (χ1) is 18.2. The Labute approximate surface area is 215 Å². The summed E-state index contributed by atoms with van der Waals surface area (Å²) in [7, 11) is 0. The zero-order valence-corrected chi connectivity index (χ0v) is 19.7. The van der Waals surface area contributed by atoms with Gasteiger partial charge in [0.1, 0.15) is 5.75 Å². The maximum Gasteiger partial charge on any atom is 0.416 e. The van der Waals surface area contributed by atoms with Crippen molar-refractivity contribution in [1.29, 1.82) is 0 Å². The van der Waals surface area contributed by atoms with Crippen LogP contribution in [0.25, 0.3) is 0 Å². The third kappa shape index (κ3) is 5.93. The van der Waals surface area contributed by atoms with Crippen molar-refractivity contribution in [3.63, 3.8) is 0 Å². The number of nitrogens with zero attached hydrogens (tertiary/aromatic N) is 3. The first-order valence-electron chi connectivity index (χ1n) is 11.3. The van der Waals surface area contributed by atoms with Gasteiger partial charge in [-0.15, -0.1) is 0 Å². The zero-order chi connectivity index (χ0) is 27.2. The van der Waals surface area contributed by atoms with Gasteiger partial charge >= 0.3 is 6.18 Å². The maximum atomic E-state index is 13.1. The summed E-state index contributed by atoms with van der Waals surface area (Å²) in [6, 6.07) is 25.2. The van der Waals surface area contributed by atoms with Gasteiger partial charge in [0, 0.05) is 5.56 Å². The van der Waals surface area contributed by atoms with Crippen molar-refractivity contribution in [1.82, 2.24) is 5.43 Å². The van der Waals surface area contributed by atoms with Gasteiger partial charge in [-0.05, 0) is 47.5 Å². The quantitative estimate of drug-likeness (QED) is 0.154. The SMILES string of the molecule is O=C(N/N=C/c1cc(N=Nc2cccc(C(F)(F)F)c2)ccc1O)C(O)(c1ccccc1)c1ccccc1. The summed E-state index contributed by atoms with van der Waals surface area (Å²) >= 11 is 0. The highest BCUT2D eigenvalue weighted by Gasteiger charge is 2.39. The second-order valence-electron chi connectivity index (χ2n) is 8.13. The van der Waals surface area contributed by atoms with Crippen molar-refractivity contribution in [2.24, 2.45) is 15.3 Å². The number of carbonyl (C=O) groups is 1. The van der Waals surface area contributed by atoms with Crippen LogP contribution in [-0.4, -0.2) is 22.3 Å². The third-order valence-electron chi connectivity index (χ3n) is 5.55. The summed E-state index contributed by atoms with van der Waals surface area (Å²) in [5, 5.41) is 33.2. The molecular weight excluding hydrogens is 497 g/mol. The number of nitrogens with one attached hydrogen (secondary N) is 1. The van der Waals surface area contributed by atoms with E-state index in [1.165, 1.54) is 30.3 Å². The highest BCUT2D eigenvalue weighted by molar-refractivity contribution is 5.91. The molecule has 0 aliphatic heterocycles. The molecule has 38 heavy (non-hydrogen) atoms. The van der Waals surface area contributed by atoms with E-state index in [1.807, 2.05) is 0 Å². The van der Waals surface area contributed by atoms with E-state index in [1.54, 1.807) is 60.7 Å². The molecule has 4 rings (SSSR count). The van der Waals surface area contributed by atoms with Crippen LogP contribution in [0.4, 0.5) is 24.5 Å². The van der Waals surface area contributed by atoms with Gasteiger partial charge in [0.15, 0.2) is 5.60 Å². The highest BCUT2D eigenvalue weighted by Crippen LogP contribution is 2.32. The lowest BCUT2D eigenvalue weighted by atomic mass is 9.85. The normalized spacial score (nSPS) is 12.2. The van der Waals surface area contributed by atoms with Crippen LogP contribution in [0.3, 0.4) is 0 Å². The minimum Gasteiger partial charge on any atom is -0.507 e. The highest BCUT2D eigenvalue weighted by atomic mass is 19.4. The number of phenols is 1. The molecule has 4 aromatic carbocycles. The molecule has 0 unspecified atom stereocenters. The van der Waals surface area contributed by atoms with E-state index < -0.39 is 23.2 Å². The summed E-state index contributed by atoms with van der Waals surface area (Å²) in [5.41, 5.74) is 0.440. The summed E-state index contributed by atoms with van der Waals surface area (Å²) in [6.07, 6.45) is -3.36. The molecule has 0 aliphatic rings. The average Bonchev–Trinajstić information content (AvgIpc) is 2.93. The van der Waals surface area contributed by atoms with Gasteiger partial charge in [0.25, 0.3) is 5.91 Å². The van der Waals surface area contributed by atoms with Gasteiger partial charge in [-0.1, -0.05) is 66.7 Å². The average molecular weight is 518 g/mol. The molecule has 0 bridgehead atoms. The van der Waals surface area contributed by atoms with Crippen LogP contribution in [0.1, 0.15) is 22.3 Å². The molecule has 0 heterocycles. The Balaban J connectivity index is 1.54. The summed E-state index contributed by atoms with van der Waals surface area (Å²) in [4.78, 5) is 13.1. The minimum absolute atomic E-state index is 0.00325. The number of hydrogen-bond acceptors (Lipinski definition) is 6. The number of alkyl halides is 3. The van der Waals surface area contributed by atoms with E-state index in [0.29, 0.717) is 11.1 Å². The molecule has 0 radical (unpaired) electrons. The molecule has 4 aromatic rings. The number of azo groups is 1. The van der Waals surface area contributed by atoms with Crippen molar-refractivity contribution in [3.8, 4) is 5.75 Å². The van der Waals surface area contributed by atoms with Gasteiger partial charge in [-0.25, -0.2) is 5.43 Å². The van der Waals surface area contributed by atoms with Crippen LogP contribution in [0, 0.1) is 0 Å². The molecule has 7 nitrogen and oxygen atoms in total. The lowest BCUT2D eigenvalue weighted by Crippen LogP contribution is -2.43. The first-order valence-corrected chi connectivity index (χ1v) is 11.3. The van der Waals surface area contributed by atoms with Gasteiger partial charge < -0.3 is 10.2 Å². The Morgan fingerprint density at radius 1 is 0.737 bits per heavy atom. The molecule has 0 saturated carbocycles. The molecule has 0 saturated heterocycles. The summed E-state index contributed by atoms with van der Waals surface area (Å²) < 4.78 is 38.7. The van der Waals surface area contributed by atoms with Gasteiger partial charge in [-0.2, -0.15) is 28.5 Å². The second-order valence-corrected chi connectivity index (χ2v) is 8.13. The number of aliphatic hydroxyl groups is 1. The number of carbonyl (C=O) groups excluding carboxylic acids is 1. The van der Waals surface area contributed by atoms with E-state index in [-0.39, 0.29) is 22.7 Å². The van der Waals surface area contributed by atoms with Crippen molar-refractivity contribution in [3.05, 3.63) is 125 Å². The minimum atomic E-state index is -4.51. The maximum absolute atomic E-state index is 13.1. The molecule has 0 atom stereocenters. The fraction of sp³-hybridized carbons (Fsp3) is 0.0714. The van der Waals surface area contributed by atoms with Crippen LogP contribution >= 0.6 is 0 Å². The molecule has 10 heteroatoms. The molecule has 192 valence electrons. The number of halogens is 3. The van der Waals surface area contributed by atoms with E-state index in [2.05, 4.69) is 20.8 Å². The van der Waals surface area contributed by atoms with E-state index in [9.17, 15) is 28.2 Å². The smallest absolute Gasteiger partial charge is 0.416 e. The van der Waals surface area contributed by atoms with E-state index in [4.69, 9.17) is 0 Å². The number of amides is 1. The monoisotopic (exact) mass is 518 g/mol. The van der Waals surface area contributed by atoms with Gasteiger partial charge in [0.05, 0.1) is 23.2 Å². The van der Waals surface area contributed by atoms with E-state index >= 15 is 0 Å². The Bertz CT molecular complexity index is 1430. The van der Waals surface area contributed by atoms with Crippen LogP contribution < -0.4 is 5.43 Å². The Morgan fingerprint density at radius 2 is 1.29 bits per heavy atom. The fourth-order valence-corrected chi connectivity index (χ4v) is 3.60. The zero-order valence-electron chi connectivity index (χ0n) is 19.7. The number of hydrazone groups is 1. The molecular formula is C28H21F3N4O3. The third-order valence-corrected chi connectivity index (χ3v) is 5.55. The first kappa shape index (κ1) is 26.2. The Hall–Kier alpha value is -4.83. The molecule has 0 spiro atoms. The number of benzene rings is 4. The number of hydrogen-bond donors (Lipinski definition) is 3. The standard InChI is InChI=1S/C28H21F3N4O3/c29-28(30,31)22-12-7-13-23(17-22)33-34-24-14-15-25(36)19(16-24)18-32-35-26(37)27(38,20-8-3-1-4-9-20)21-10-5-2-6-11-21/h1-18,36,38H,(H,35,37)/b32-18+,34-33?. The van der Waals surface area contributed by atoms with Crippen LogP contribution in [-0.2, 0) is 16.6 Å². The Kier molecular flexibility index (Phi) is 7.63. The van der Waals surface area contributed by atoms with E-state index in [0.717, 1.165) is 18.3 Å². The molecule has 3 N–H and O–H groups in total. The summed E-state index contributed by atoms with van der Waals surface area (Å²) in [6.45, 7) is 0. The number of aromatic hydroxyl groups is 1. The van der Waals surface area contributed by atoms with Gasteiger partial charge in [-0.3, -0.25) is 4.79 Å². The van der Waals surface area contributed by atoms with Crippen LogP contribution in [0.5, 0.6) is 5.75 Å². The molecule has 0 aliphatic carbocycles. The van der Waals surface area contributed by atoms with Gasteiger partial charge in [0.2, 0.25) is 0 Å². The summed E-state index contributed by atoms with van der Waals surface area (Å²) in [5.74, 6) is -1.02. The van der Waals surface area contributed by atoms with Crippen molar-refractivity contribution < 1.29 is 28.2 Å². The molecule has 0 aromatic heterocycles. The van der Waals surface area contributed by atoms with Crippen LogP contribution in [0.2, 0.25) is 0 Å². The molecule has 0 fully saturated rings. The van der Waals surface area contributed by atoms with Crippen molar-refractivity contribution >= 4 is 23.5 Å². The molecule has 1 amide bonds. The predicted molar refractivity (Wildman–Crippen MR) is 135 cm³/mol. The Morgan fingerprint density at radius 3 is 1.87 bits per heavy atom. The largest absolute Gasteiger partial charge is 0.507 e. The van der Waals surface area contributed by atoms with Crippen molar-refractivity contribution in [2.45, 2.75) is 11.8 Å². The lowest BCUT2D eigenvalue weighted by Gasteiger charge is -2.27. The predicted octanol–water partition coefficient (Wildman–Crippen LogP) is 6.21. The fourth-order valence-electron chi connectivity index (χ4n) is 3.60. The lowest BCUT2D eigenvalue weighted by molar-refractivity contribution is -0.137. The number of rotatable bonds is 7. The number of phenolic OH excluding ortho intramolecular Hbond substituents is 1.